The number of methoxy groups -OCH3 is 2. The van der Waals surface area contributed by atoms with Gasteiger partial charge in [-0.05, 0) is 17.7 Å². The first-order chi connectivity index (χ1) is 8.91. The summed E-state index contributed by atoms with van der Waals surface area (Å²) in [6, 6.07) is 5.22. The molecule has 104 valence electrons. The maximum Gasteiger partial charge on any atom is 0.401 e. The van der Waals surface area contributed by atoms with Crippen LogP contribution in [0.4, 0.5) is 13.2 Å². The maximum absolute atomic E-state index is 12.1. The topological polar surface area (TPSA) is 54.3 Å². The Morgan fingerprint density at radius 2 is 1.89 bits per heavy atom. The Labute approximate surface area is 108 Å². The van der Waals surface area contributed by atoms with Crippen LogP contribution in [0.15, 0.2) is 18.2 Å². The van der Waals surface area contributed by atoms with Crippen LogP contribution in [0.25, 0.3) is 0 Å². The van der Waals surface area contributed by atoms with Crippen molar-refractivity contribution in [3.05, 3.63) is 23.8 Å². The zero-order chi connectivity index (χ0) is 14.5. The van der Waals surface area contributed by atoms with Crippen molar-refractivity contribution in [2.45, 2.75) is 12.2 Å². The molecule has 1 aromatic rings. The zero-order valence-corrected chi connectivity index (χ0v) is 10.4. The van der Waals surface area contributed by atoms with Gasteiger partial charge in [-0.15, -0.1) is 0 Å². The van der Waals surface area contributed by atoms with Gasteiger partial charge in [-0.1, -0.05) is 6.07 Å². The molecule has 0 spiro atoms. The number of nitrogens with zero attached hydrogens (tertiary/aromatic N) is 1. The summed E-state index contributed by atoms with van der Waals surface area (Å²) >= 11 is 0. The Morgan fingerprint density at radius 1 is 1.26 bits per heavy atom. The van der Waals surface area contributed by atoms with Crippen LogP contribution in [0.5, 0.6) is 11.5 Å². The monoisotopic (exact) mass is 274 g/mol. The Morgan fingerprint density at radius 3 is 2.37 bits per heavy atom. The third kappa shape index (κ3) is 4.34. The number of rotatable bonds is 5. The van der Waals surface area contributed by atoms with Crippen molar-refractivity contribution < 1.29 is 22.6 Å². The van der Waals surface area contributed by atoms with E-state index in [4.69, 9.17) is 14.7 Å². The van der Waals surface area contributed by atoms with E-state index in [0.29, 0.717) is 17.1 Å². The van der Waals surface area contributed by atoms with Gasteiger partial charge >= 0.3 is 6.18 Å². The summed E-state index contributed by atoms with van der Waals surface area (Å²) in [5, 5.41) is 11.0. The molecule has 4 nitrogen and oxygen atoms in total. The summed E-state index contributed by atoms with van der Waals surface area (Å²) in [4.78, 5) is 0. The van der Waals surface area contributed by atoms with Gasteiger partial charge in [0.15, 0.2) is 11.5 Å². The van der Waals surface area contributed by atoms with Gasteiger partial charge in [-0.3, -0.25) is 5.32 Å². The van der Waals surface area contributed by atoms with E-state index in [0.717, 1.165) is 0 Å². The molecule has 0 aliphatic heterocycles. The van der Waals surface area contributed by atoms with Gasteiger partial charge in [0.05, 0.1) is 26.8 Å². The molecule has 0 aliphatic carbocycles. The van der Waals surface area contributed by atoms with Crippen molar-refractivity contribution in [2.75, 3.05) is 20.8 Å². The minimum atomic E-state index is -4.37. The predicted octanol–water partition coefficient (Wildman–Crippen LogP) is 2.42. The van der Waals surface area contributed by atoms with Gasteiger partial charge in [0.1, 0.15) is 6.04 Å². The van der Waals surface area contributed by atoms with Crippen LogP contribution < -0.4 is 14.8 Å². The minimum absolute atomic E-state index is 0.356. The van der Waals surface area contributed by atoms with Crippen molar-refractivity contribution in [2.24, 2.45) is 0 Å². The molecule has 0 aliphatic rings. The molecular weight excluding hydrogens is 261 g/mol. The van der Waals surface area contributed by atoms with E-state index in [1.807, 2.05) is 0 Å². The molecule has 0 amide bonds. The average molecular weight is 274 g/mol. The average Bonchev–Trinajstić information content (AvgIpc) is 2.37. The molecule has 1 rings (SSSR count). The van der Waals surface area contributed by atoms with Crippen LogP contribution in [-0.2, 0) is 0 Å². The second kappa shape index (κ2) is 6.29. The first-order valence-corrected chi connectivity index (χ1v) is 5.33. The number of hydrogen-bond acceptors (Lipinski definition) is 4. The van der Waals surface area contributed by atoms with Crippen LogP contribution >= 0.6 is 0 Å². The fraction of sp³-hybridized carbons (Fsp3) is 0.417. The number of hydrogen-bond donors (Lipinski definition) is 1. The van der Waals surface area contributed by atoms with Crippen LogP contribution in [0, 0.1) is 11.3 Å². The van der Waals surface area contributed by atoms with E-state index >= 15 is 0 Å². The lowest BCUT2D eigenvalue weighted by Crippen LogP contribution is -2.31. The summed E-state index contributed by atoms with van der Waals surface area (Å²) in [6.45, 7) is -1.24. The van der Waals surface area contributed by atoms with Crippen molar-refractivity contribution >= 4 is 0 Å². The van der Waals surface area contributed by atoms with E-state index in [-0.39, 0.29) is 0 Å². The smallest absolute Gasteiger partial charge is 0.401 e. The standard InChI is InChI=1S/C12H13F3N2O2/c1-18-10-4-3-8(5-11(10)19-2)9(6-16)17-7-12(13,14)15/h3-5,9,17H,7H2,1-2H3. The highest BCUT2D eigenvalue weighted by molar-refractivity contribution is 5.44. The van der Waals surface area contributed by atoms with E-state index in [1.54, 1.807) is 6.07 Å². The first kappa shape index (κ1) is 15.1. The SMILES string of the molecule is COc1ccc(C(C#N)NCC(F)(F)F)cc1OC. The lowest BCUT2D eigenvalue weighted by Gasteiger charge is -2.15. The molecule has 0 radical (unpaired) electrons. The number of ether oxygens (including phenoxy) is 2. The highest BCUT2D eigenvalue weighted by atomic mass is 19.4. The molecule has 0 aromatic heterocycles. The molecule has 0 saturated carbocycles. The van der Waals surface area contributed by atoms with Gasteiger partial charge in [-0.25, -0.2) is 0 Å². The Bertz CT molecular complexity index is 469. The van der Waals surface area contributed by atoms with Crippen LogP contribution in [0.3, 0.4) is 0 Å². The molecule has 0 fully saturated rings. The summed E-state index contributed by atoms with van der Waals surface area (Å²) in [5.74, 6) is 0.799. The van der Waals surface area contributed by atoms with Crippen molar-refractivity contribution in [1.82, 2.24) is 5.32 Å². The fourth-order valence-electron chi connectivity index (χ4n) is 1.49. The number of nitriles is 1. The number of alkyl halides is 3. The Hall–Kier alpha value is -1.94. The second-order valence-corrected chi connectivity index (χ2v) is 3.67. The molecule has 0 heterocycles. The van der Waals surface area contributed by atoms with E-state index in [9.17, 15) is 13.2 Å². The lowest BCUT2D eigenvalue weighted by atomic mass is 10.1. The molecule has 1 aromatic carbocycles. The molecule has 7 heteroatoms. The molecule has 1 N–H and O–H groups in total. The quantitative estimate of drug-likeness (QED) is 0.896. The van der Waals surface area contributed by atoms with Gasteiger partial charge in [0.2, 0.25) is 0 Å². The number of benzene rings is 1. The molecule has 1 atom stereocenters. The molecule has 19 heavy (non-hydrogen) atoms. The number of nitrogens with one attached hydrogen (secondary N) is 1. The van der Waals surface area contributed by atoms with E-state index < -0.39 is 18.8 Å². The lowest BCUT2D eigenvalue weighted by molar-refractivity contribution is -0.125. The predicted molar refractivity (Wildman–Crippen MR) is 62.0 cm³/mol. The Balaban J connectivity index is 2.90. The number of halogens is 3. The molecule has 0 saturated heterocycles. The summed E-state index contributed by atoms with van der Waals surface area (Å²) in [6.07, 6.45) is -4.37. The molecular formula is C12H13F3N2O2. The van der Waals surface area contributed by atoms with Gasteiger partial charge in [0.25, 0.3) is 0 Å². The minimum Gasteiger partial charge on any atom is -0.493 e. The van der Waals surface area contributed by atoms with Crippen LogP contribution in [0.1, 0.15) is 11.6 Å². The van der Waals surface area contributed by atoms with Gasteiger partial charge < -0.3 is 9.47 Å². The molecule has 1 unspecified atom stereocenters. The summed E-state index contributed by atoms with van der Waals surface area (Å²) in [5.41, 5.74) is 0.379. The normalized spacial score (nSPS) is 12.6. The van der Waals surface area contributed by atoms with Gasteiger partial charge in [-0.2, -0.15) is 18.4 Å². The zero-order valence-electron chi connectivity index (χ0n) is 10.4. The van der Waals surface area contributed by atoms with Crippen LogP contribution in [-0.4, -0.2) is 26.9 Å². The van der Waals surface area contributed by atoms with Crippen molar-refractivity contribution in [3.63, 3.8) is 0 Å². The maximum atomic E-state index is 12.1. The largest absolute Gasteiger partial charge is 0.493 e. The summed E-state index contributed by atoms with van der Waals surface area (Å²) in [7, 11) is 2.85. The van der Waals surface area contributed by atoms with Crippen molar-refractivity contribution in [1.29, 1.82) is 5.26 Å². The first-order valence-electron chi connectivity index (χ1n) is 5.33. The van der Waals surface area contributed by atoms with Gasteiger partial charge in [0, 0.05) is 0 Å². The third-order valence-corrected chi connectivity index (χ3v) is 2.38. The third-order valence-electron chi connectivity index (χ3n) is 2.38. The fourth-order valence-corrected chi connectivity index (χ4v) is 1.49. The second-order valence-electron chi connectivity index (χ2n) is 3.67. The Kier molecular flexibility index (Phi) is 5.01. The highest BCUT2D eigenvalue weighted by Crippen LogP contribution is 2.30. The summed E-state index contributed by atoms with van der Waals surface area (Å²) < 4.78 is 46.4. The molecule has 0 bridgehead atoms. The van der Waals surface area contributed by atoms with Crippen molar-refractivity contribution in [3.8, 4) is 17.6 Å². The van der Waals surface area contributed by atoms with Crippen LogP contribution in [0.2, 0.25) is 0 Å². The highest BCUT2D eigenvalue weighted by Gasteiger charge is 2.28. The van der Waals surface area contributed by atoms with E-state index in [2.05, 4.69) is 5.32 Å². The van der Waals surface area contributed by atoms with E-state index in [1.165, 1.54) is 32.4 Å².